The van der Waals surface area contributed by atoms with Crippen LogP contribution in [0.1, 0.15) is 20.8 Å². The van der Waals surface area contributed by atoms with E-state index in [4.69, 9.17) is 0 Å². The summed E-state index contributed by atoms with van der Waals surface area (Å²) in [5, 5.41) is 14.1. The summed E-state index contributed by atoms with van der Waals surface area (Å²) < 4.78 is 0.873. The summed E-state index contributed by atoms with van der Waals surface area (Å²) >= 11 is 2.12. The maximum absolute atomic E-state index is 10.7. The Morgan fingerprint density at radius 1 is 1.42 bits per heavy atom. The third-order valence-corrected chi connectivity index (χ3v) is 3.88. The summed E-state index contributed by atoms with van der Waals surface area (Å²) in [6.45, 7) is 9.42. The molecule has 1 aromatic carbocycles. The molecule has 6 heteroatoms. The molecular weight excluding hydrogens is 357 g/mol. The van der Waals surface area contributed by atoms with E-state index < -0.39 is 0 Å². The number of benzene rings is 1. The largest absolute Gasteiger partial charge is 0.380 e. The topological polar surface area (TPSA) is 58.4 Å². The molecule has 0 radical (unpaired) electrons. The number of likely N-dealkylation sites (N-methyl/N-ethyl adjacent to an activating group) is 1. The van der Waals surface area contributed by atoms with Crippen molar-refractivity contribution >= 4 is 34.0 Å². The van der Waals surface area contributed by atoms with Crippen LogP contribution >= 0.6 is 22.6 Å². The van der Waals surface area contributed by atoms with Gasteiger partial charge in [-0.3, -0.25) is 10.1 Å². The van der Waals surface area contributed by atoms with Crippen molar-refractivity contribution in [3.63, 3.8) is 0 Å². The van der Waals surface area contributed by atoms with Gasteiger partial charge in [-0.1, -0.05) is 13.8 Å². The molecule has 0 saturated heterocycles. The minimum Gasteiger partial charge on any atom is -0.380 e. The van der Waals surface area contributed by atoms with E-state index in [0.717, 1.165) is 28.9 Å². The smallest absolute Gasteiger partial charge is 0.270 e. The zero-order chi connectivity index (χ0) is 14.4. The first-order valence-electron chi connectivity index (χ1n) is 6.40. The highest BCUT2D eigenvalue weighted by Crippen LogP contribution is 2.24. The van der Waals surface area contributed by atoms with E-state index in [2.05, 4.69) is 53.6 Å². The third-order valence-electron chi connectivity index (χ3n) is 2.99. The molecule has 1 N–H and O–H groups in total. The number of hydrogen-bond acceptors (Lipinski definition) is 4. The molecule has 0 spiro atoms. The van der Waals surface area contributed by atoms with Crippen LogP contribution in [0, 0.1) is 13.7 Å². The van der Waals surface area contributed by atoms with E-state index in [9.17, 15) is 10.1 Å². The lowest BCUT2D eigenvalue weighted by Gasteiger charge is -2.24. The number of non-ortho nitro benzene ring substituents is 1. The van der Waals surface area contributed by atoms with Gasteiger partial charge in [0.2, 0.25) is 0 Å². The summed E-state index contributed by atoms with van der Waals surface area (Å²) in [4.78, 5) is 12.7. The molecule has 1 unspecified atom stereocenters. The van der Waals surface area contributed by atoms with Gasteiger partial charge in [-0.2, -0.15) is 0 Å². The zero-order valence-corrected chi connectivity index (χ0v) is 13.7. The lowest BCUT2D eigenvalue weighted by molar-refractivity contribution is -0.384. The first kappa shape index (κ1) is 16.2. The molecular formula is C13H20IN3O2. The fourth-order valence-electron chi connectivity index (χ4n) is 1.91. The van der Waals surface area contributed by atoms with Crippen molar-refractivity contribution < 1.29 is 4.92 Å². The molecule has 1 rings (SSSR count). The van der Waals surface area contributed by atoms with Gasteiger partial charge in [0, 0.05) is 34.0 Å². The summed E-state index contributed by atoms with van der Waals surface area (Å²) in [7, 11) is 0. The molecule has 0 aliphatic heterocycles. The van der Waals surface area contributed by atoms with Crippen LogP contribution in [0.15, 0.2) is 18.2 Å². The van der Waals surface area contributed by atoms with Gasteiger partial charge in [-0.05, 0) is 48.7 Å². The average molecular weight is 377 g/mol. The number of rotatable bonds is 7. The summed E-state index contributed by atoms with van der Waals surface area (Å²) in [6.07, 6.45) is 0. The van der Waals surface area contributed by atoms with E-state index in [0.29, 0.717) is 6.04 Å². The maximum Gasteiger partial charge on any atom is 0.270 e. The van der Waals surface area contributed by atoms with Crippen LogP contribution in [0.2, 0.25) is 0 Å². The first-order valence-corrected chi connectivity index (χ1v) is 7.48. The van der Waals surface area contributed by atoms with Crippen LogP contribution in [0.25, 0.3) is 0 Å². The minimum atomic E-state index is -0.370. The maximum atomic E-state index is 10.7. The van der Waals surface area contributed by atoms with Gasteiger partial charge < -0.3 is 10.2 Å². The predicted molar refractivity (Wildman–Crippen MR) is 86.7 cm³/mol. The number of hydrogen-bond donors (Lipinski definition) is 1. The molecule has 19 heavy (non-hydrogen) atoms. The number of nitrogens with zero attached hydrogens (tertiary/aromatic N) is 2. The summed E-state index contributed by atoms with van der Waals surface area (Å²) in [5.41, 5.74) is 1.08. The zero-order valence-electron chi connectivity index (χ0n) is 11.5. The van der Waals surface area contributed by atoms with Crippen molar-refractivity contribution in [1.29, 1.82) is 0 Å². The standard InChI is InChI=1S/C13H20IN3O2/c1-4-16(5-2)9-10(3)15-13-7-6-11(17(18)19)8-12(13)14/h6-8,10,15H,4-5,9H2,1-3H3. The SMILES string of the molecule is CCN(CC)CC(C)Nc1ccc([N+](=O)[O-])cc1I. The van der Waals surface area contributed by atoms with Gasteiger partial charge >= 0.3 is 0 Å². The second-order valence-corrected chi connectivity index (χ2v) is 5.61. The van der Waals surface area contributed by atoms with Crippen molar-refractivity contribution in [2.75, 3.05) is 25.0 Å². The Labute approximate surface area is 127 Å². The Hall–Kier alpha value is -0.890. The third kappa shape index (κ3) is 4.94. The Bertz CT molecular complexity index is 436. The number of nitrogens with one attached hydrogen (secondary N) is 1. The second-order valence-electron chi connectivity index (χ2n) is 4.45. The first-order chi connectivity index (χ1) is 8.97. The van der Waals surface area contributed by atoms with Crippen molar-refractivity contribution in [1.82, 2.24) is 4.90 Å². The average Bonchev–Trinajstić information content (AvgIpc) is 2.38. The summed E-state index contributed by atoms with van der Waals surface area (Å²) in [6, 6.07) is 5.20. The van der Waals surface area contributed by atoms with Crippen molar-refractivity contribution in [3.8, 4) is 0 Å². The van der Waals surface area contributed by atoms with Gasteiger partial charge in [-0.15, -0.1) is 0 Å². The number of nitro groups is 1. The number of anilines is 1. The normalized spacial score (nSPS) is 12.5. The number of nitro benzene ring substituents is 1. The fraction of sp³-hybridized carbons (Fsp3) is 0.538. The van der Waals surface area contributed by atoms with Crippen LogP contribution in [0.3, 0.4) is 0 Å². The summed E-state index contributed by atoms with van der Waals surface area (Å²) in [5.74, 6) is 0. The highest BCUT2D eigenvalue weighted by atomic mass is 127. The van der Waals surface area contributed by atoms with Crippen LogP contribution in [0.5, 0.6) is 0 Å². The number of halogens is 1. The van der Waals surface area contributed by atoms with E-state index in [1.807, 2.05) is 0 Å². The molecule has 0 heterocycles. The molecule has 0 fully saturated rings. The molecule has 1 aromatic rings. The molecule has 1 atom stereocenters. The molecule has 0 saturated carbocycles. The Morgan fingerprint density at radius 2 is 2.05 bits per heavy atom. The molecule has 106 valence electrons. The van der Waals surface area contributed by atoms with E-state index in [-0.39, 0.29) is 10.6 Å². The van der Waals surface area contributed by atoms with E-state index in [1.54, 1.807) is 12.1 Å². The van der Waals surface area contributed by atoms with E-state index in [1.165, 1.54) is 6.07 Å². The van der Waals surface area contributed by atoms with Crippen molar-refractivity contribution in [2.24, 2.45) is 0 Å². The van der Waals surface area contributed by atoms with Crippen LogP contribution in [-0.4, -0.2) is 35.5 Å². The minimum absolute atomic E-state index is 0.131. The predicted octanol–water partition coefficient (Wildman–Crippen LogP) is 3.34. The Morgan fingerprint density at radius 3 is 2.53 bits per heavy atom. The van der Waals surface area contributed by atoms with Crippen molar-refractivity contribution in [2.45, 2.75) is 26.8 Å². The lowest BCUT2D eigenvalue weighted by Crippen LogP contribution is -2.34. The highest BCUT2D eigenvalue weighted by molar-refractivity contribution is 14.1. The molecule has 0 aromatic heterocycles. The van der Waals surface area contributed by atoms with Crippen LogP contribution in [-0.2, 0) is 0 Å². The molecule has 0 aliphatic carbocycles. The van der Waals surface area contributed by atoms with Crippen LogP contribution in [0.4, 0.5) is 11.4 Å². The van der Waals surface area contributed by atoms with Crippen molar-refractivity contribution in [3.05, 3.63) is 31.9 Å². The molecule has 0 aliphatic rings. The Balaban J connectivity index is 2.69. The van der Waals surface area contributed by atoms with Gasteiger partial charge in [-0.25, -0.2) is 0 Å². The molecule has 0 bridgehead atoms. The van der Waals surface area contributed by atoms with E-state index >= 15 is 0 Å². The monoisotopic (exact) mass is 377 g/mol. The second kappa shape index (κ2) is 7.64. The Kier molecular flexibility index (Phi) is 6.50. The molecule has 0 amide bonds. The quantitative estimate of drug-likeness (QED) is 0.450. The van der Waals surface area contributed by atoms with Gasteiger partial charge in [0.25, 0.3) is 5.69 Å². The van der Waals surface area contributed by atoms with Gasteiger partial charge in [0.1, 0.15) is 0 Å². The van der Waals surface area contributed by atoms with Gasteiger partial charge in [0.05, 0.1) is 4.92 Å². The lowest BCUT2D eigenvalue weighted by atomic mass is 10.2. The van der Waals surface area contributed by atoms with Crippen LogP contribution < -0.4 is 5.32 Å². The highest BCUT2D eigenvalue weighted by Gasteiger charge is 2.12. The fourth-order valence-corrected chi connectivity index (χ4v) is 2.57. The van der Waals surface area contributed by atoms with Gasteiger partial charge in [0.15, 0.2) is 0 Å². The molecule has 5 nitrogen and oxygen atoms in total.